The maximum absolute atomic E-state index is 11.8. The van der Waals surface area contributed by atoms with Crippen molar-refractivity contribution >= 4 is 15.7 Å². The molecule has 0 saturated carbocycles. The lowest BCUT2D eigenvalue weighted by Gasteiger charge is -2.37. The summed E-state index contributed by atoms with van der Waals surface area (Å²) in [5.41, 5.74) is 1.24. The van der Waals surface area contributed by atoms with Gasteiger partial charge in [-0.25, -0.2) is 13.1 Å². The van der Waals surface area contributed by atoms with E-state index in [4.69, 9.17) is 4.42 Å². The molecular weight excluding hydrogens is 338 g/mol. The molecule has 2 aromatic rings. The molecule has 1 fully saturated rings. The van der Waals surface area contributed by atoms with Crippen molar-refractivity contribution in [3.8, 4) is 0 Å². The molecule has 0 unspecified atom stereocenters. The molecule has 1 aromatic heterocycles. The van der Waals surface area contributed by atoms with E-state index in [1.807, 2.05) is 18.2 Å². The Morgan fingerprint density at radius 3 is 2.48 bits per heavy atom. The van der Waals surface area contributed by atoms with Gasteiger partial charge in [0.1, 0.15) is 0 Å². The van der Waals surface area contributed by atoms with Crippen molar-refractivity contribution in [3.63, 3.8) is 0 Å². The highest BCUT2D eigenvalue weighted by atomic mass is 32.2. The Bertz CT molecular complexity index is 739. The van der Waals surface area contributed by atoms with Crippen molar-refractivity contribution in [2.24, 2.45) is 0 Å². The second-order valence-electron chi connectivity index (χ2n) is 6.30. The number of anilines is 1. The summed E-state index contributed by atoms with van der Waals surface area (Å²) in [4.78, 5) is 3.72. The lowest BCUT2D eigenvalue weighted by Crippen LogP contribution is -3.15. The smallest absolute Gasteiger partial charge is 0.211 e. The fraction of sp³-hybridized carbons (Fsp3) is 0.444. The van der Waals surface area contributed by atoms with Crippen LogP contribution >= 0.6 is 0 Å². The summed E-state index contributed by atoms with van der Waals surface area (Å²) >= 11 is 0. The molecule has 7 heteroatoms. The first-order valence-electron chi connectivity index (χ1n) is 8.74. The lowest BCUT2D eigenvalue weighted by atomic mass is 10.1. The van der Waals surface area contributed by atoms with Gasteiger partial charge in [-0.1, -0.05) is 18.2 Å². The summed E-state index contributed by atoms with van der Waals surface area (Å²) in [5.74, 6) is 0.927. The van der Waals surface area contributed by atoms with Crippen LogP contribution in [0.4, 0.5) is 5.69 Å². The summed E-state index contributed by atoms with van der Waals surface area (Å²) in [6, 6.07) is 14.2. The van der Waals surface area contributed by atoms with Gasteiger partial charge in [-0.3, -0.25) is 0 Å². The minimum Gasteiger partial charge on any atom is -0.463 e. The minimum absolute atomic E-state index is 0.00533. The number of hydrogen-bond acceptors (Lipinski definition) is 4. The van der Waals surface area contributed by atoms with Crippen LogP contribution < -0.4 is 14.5 Å². The Labute approximate surface area is 149 Å². The maximum Gasteiger partial charge on any atom is 0.211 e. The number of nitrogens with zero attached hydrogens (tertiary/aromatic N) is 1. The fourth-order valence-corrected chi connectivity index (χ4v) is 3.91. The van der Waals surface area contributed by atoms with E-state index >= 15 is 0 Å². The van der Waals surface area contributed by atoms with E-state index in [1.165, 1.54) is 10.6 Å². The first-order chi connectivity index (χ1) is 12.1. The number of quaternary nitrogens is 1. The summed E-state index contributed by atoms with van der Waals surface area (Å²) < 4.78 is 32.0. The van der Waals surface area contributed by atoms with Gasteiger partial charge in [-0.15, -0.1) is 0 Å². The molecule has 0 radical (unpaired) electrons. The molecule has 1 aliphatic rings. The van der Waals surface area contributed by atoms with Crippen LogP contribution in [0, 0.1) is 0 Å². The van der Waals surface area contributed by atoms with Gasteiger partial charge in [-0.2, -0.15) is 0 Å². The molecule has 2 N–H and O–H groups in total. The zero-order valence-corrected chi connectivity index (χ0v) is 15.3. The van der Waals surface area contributed by atoms with Crippen LogP contribution in [0.15, 0.2) is 53.1 Å². The Hall–Kier alpha value is -1.83. The molecule has 3 rings (SSSR count). The minimum atomic E-state index is -3.21. The monoisotopic (exact) mass is 364 g/mol. The topological polar surface area (TPSA) is 67.0 Å². The van der Waals surface area contributed by atoms with Gasteiger partial charge < -0.3 is 14.2 Å². The zero-order chi connectivity index (χ0) is 17.7. The highest BCUT2D eigenvalue weighted by Crippen LogP contribution is 2.14. The van der Waals surface area contributed by atoms with Crippen molar-refractivity contribution in [3.05, 3.63) is 54.5 Å². The molecule has 0 amide bonds. The van der Waals surface area contributed by atoms with Gasteiger partial charge in [0, 0.05) is 5.69 Å². The second kappa shape index (κ2) is 8.03. The molecular formula is C18H26N3O3S+. The van der Waals surface area contributed by atoms with Gasteiger partial charge in [-0.05, 0) is 31.2 Å². The van der Waals surface area contributed by atoms with Gasteiger partial charge in [0.2, 0.25) is 10.0 Å². The van der Waals surface area contributed by atoms with Crippen LogP contribution in [0.25, 0.3) is 0 Å². The first kappa shape index (κ1) is 18.0. The lowest BCUT2D eigenvalue weighted by molar-refractivity contribution is -0.931. The van der Waals surface area contributed by atoms with E-state index < -0.39 is 10.0 Å². The Morgan fingerprint density at radius 2 is 1.88 bits per heavy atom. The third kappa shape index (κ3) is 4.62. The number of rotatable bonds is 7. The average molecular weight is 364 g/mol. The predicted octanol–water partition coefficient (Wildman–Crippen LogP) is 0.665. The van der Waals surface area contributed by atoms with Crippen LogP contribution in [0.5, 0.6) is 0 Å². The third-order valence-electron chi connectivity index (χ3n) is 4.79. The van der Waals surface area contributed by atoms with Crippen molar-refractivity contribution in [1.29, 1.82) is 0 Å². The number of benzene rings is 1. The Balaban J connectivity index is 1.66. The highest BCUT2D eigenvalue weighted by molar-refractivity contribution is 7.89. The van der Waals surface area contributed by atoms with Gasteiger partial charge in [0.25, 0.3) is 0 Å². The molecule has 136 valence electrons. The number of nitrogens with one attached hydrogen (secondary N) is 2. The van der Waals surface area contributed by atoms with E-state index in [0.717, 1.165) is 31.9 Å². The van der Waals surface area contributed by atoms with E-state index in [-0.39, 0.29) is 11.8 Å². The standard InChI is InChI=1S/C18H25N3O3S/c1-2-25(22,23)19-15-17(18-9-6-14-24-18)21-12-10-20(11-13-21)16-7-4-3-5-8-16/h3-9,14,17,19H,2,10-13,15H2,1H3/p+1/t17-/m1/s1. The molecule has 1 saturated heterocycles. The van der Waals surface area contributed by atoms with Gasteiger partial charge >= 0.3 is 0 Å². The quantitative estimate of drug-likeness (QED) is 0.758. The summed E-state index contributed by atoms with van der Waals surface area (Å²) in [6.07, 6.45) is 1.65. The molecule has 1 aromatic carbocycles. The largest absolute Gasteiger partial charge is 0.463 e. The summed E-state index contributed by atoms with van der Waals surface area (Å²) in [6.45, 7) is 5.77. The second-order valence-corrected chi connectivity index (χ2v) is 8.40. The number of furan rings is 1. The highest BCUT2D eigenvalue weighted by Gasteiger charge is 2.31. The SMILES string of the molecule is CCS(=O)(=O)NC[C@H](c1ccco1)[NH+]1CCN(c2ccccc2)CC1. The Morgan fingerprint density at radius 1 is 1.16 bits per heavy atom. The number of piperazine rings is 1. The molecule has 1 aliphatic heterocycles. The van der Waals surface area contributed by atoms with E-state index in [1.54, 1.807) is 13.2 Å². The molecule has 0 spiro atoms. The number of para-hydroxylation sites is 1. The number of hydrogen-bond donors (Lipinski definition) is 2. The van der Waals surface area contributed by atoms with Crippen LogP contribution in [0.1, 0.15) is 18.7 Å². The third-order valence-corrected chi connectivity index (χ3v) is 6.16. The van der Waals surface area contributed by atoms with Crippen LogP contribution in [-0.2, 0) is 10.0 Å². The van der Waals surface area contributed by atoms with Crippen molar-refractivity contribution in [2.45, 2.75) is 13.0 Å². The maximum atomic E-state index is 11.8. The first-order valence-corrected chi connectivity index (χ1v) is 10.4. The van der Waals surface area contributed by atoms with Gasteiger partial charge in [0.05, 0.1) is 44.7 Å². The molecule has 0 bridgehead atoms. The van der Waals surface area contributed by atoms with E-state index in [2.05, 4.69) is 33.9 Å². The van der Waals surface area contributed by atoms with Crippen molar-refractivity contribution in [2.75, 3.05) is 43.4 Å². The average Bonchev–Trinajstić information content (AvgIpc) is 3.17. The molecule has 25 heavy (non-hydrogen) atoms. The molecule has 1 atom stereocenters. The summed E-state index contributed by atoms with van der Waals surface area (Å²) in [7, 11) is -3.21. The van der Waals surface area contributed by atoms with Crippen molar-refractivity contribution < 1.29 is 17.7 Å². The molecule has 2 heterocycles. The fourth-order valence-electron chi connectivity index (χ4n) is 3.29. The van der Waals surface area contributed by atoms with E-state index in [0.29, 0.717) is 6.54 Å². The predicted molar refractivity (Wildman–Crippen MR) is 98.3 cm³/mol. The van der Waals surface area contributed by atoms with Crippen molar-refractivity contribution in [1.82, 2.24) is 4.72 Å². The zero-order valence-electron chi connectivity index (χ0n) is 14.5. The van der Waals surface area contributed by atoms with Crippen LogP contribution in [0.3, 0.4) is 0 Å². The number of sulfonamides is 1. The van der Waals surface area contributed by atoms with Gasteiger partial charge in [0.15, 0.2) is 11.8 Å². The van der Waals surface area contributed by atoms with Crippen LogP contribution in [0.2, 0.25) is 0 Å². The van der Waals surface area contributed by atoms with E-state index in [9.17, 15) is 8.42 Å². The summed E-state index contributed by atoms with van der Waals surface area (Å²) in [5, 5.41) is 0. The van der Waals surface area contributed by atoms with Crippen LogP contribution in [-0.4, -0.2) is 46.9 Å². The Kier molecular flexibility index (Phi) is 5.78. The molecule has 6 nitrogen and oxygen atoms in total. The molecule has 0 aliphatic carbocycles. The normalized spacial score (nSPS) is 17.6.